The molecule has 0 aromatic carbocycles. The van der Waals surface area contributed by atoms with E-state index in [2.05, 4.69) is 25.7 Å². The lowest BCUT2D eigenvalue weighted by molar-refractivity contribution is -0.144. The van der Waals surface area contributed by atoms with Gasteiger partial charge in [-0.1, -0.05) is 26.0 Å². The average molecular weight is 457 g/mol. The molecule has 33 heavy (non-hydrogen) atoms. The van der Waals surface area contributed by atoms with Gasteiger partial charge in [-0.15, -0.1) is 5.10 Å². The van der Waals surface area contributed by atoms with Crippen molar-refractivity contribution in [2.75, 3.05) is 6.54 Å². The van der Waals surface area contributed by atoms with E-state index in [0.717, 1.165) is 31.4 Å². The van der Waals surface area contributed by atoms with Crippen LogP contribution in [0.3, 0.4) is 0 Å². The minimum Gasteiger partial charge on any atom is -0.391 e. The van der Waals surface area contributed by atoms with Gasteiger partial charge in [-0.05, 0) is 31.1 Å². The number of nitrogens with one attached hydrogen (secondary N) is 1. The molecule has 2 aromatic rings. The summed E-state index contributed by atoms with van der Waals surface area (Å²) in [5.74, 6) is 0.0119. The van der Waals surface area contributed by atoms with Gasteiger partial charge in [0.15, 0.2) is 0 Å². The molecule has 11 nitrogen and oxygen atoms in total. The van der Waals surface area contributed by atoms with Gasteiger partial charge in [0.2, 0.25) is 11.8 Å². The minimum absolute atomic E-state index is 0.0243. The largest absolute Gasteiger partial charge is 0.391 e. The highest BCUT2D eigenvalue weighted by Gasteiger charge is 2.46. The average Bonchev–Trinajstić information content (AvgIpc) is 3.11. The Balaban J connectivity index is 1.28. The molecule has 3 aliphatic rings. The Morgan fingerprint density at radius 2 is 1.97 bits per heavy atom. The predicted molar refractivity (Wildman–Crippen MR) is 117 cm³/mol. The summed E-state index contributed by atoms with van der Waals surface area (Å²) in [6.45, 7) is 6.08. The van der Waals surface area contributed by atoms with Crippen molar-refractivity contribution in [2.24, 2.45) is 5.41 Å². The van der Waals surface area contributed by atoms with Gasteiger partial charge in [0.1, 0.15) is 24.7 Å². The first-order valence-electron chi connectivity index (χ1n) is 11.8. The lowest BCUT2D eigenvalue weighted by Crippen LogP contribution is -2.54. The first-order valence-corrected chi connectivity index (χ1v) is 11.8. The van der Waals surface area contributed by atoms with Gasteiger partial charge in [0.05, 0.1) is 17.8 Å². The van der Waals surface area contributed by atoms with Crippen LogP contribution < -0.4 is 5.32 Å². The number of nitrogens with zero attached hydrogens (tertiary/aromatic N) is 7. The number of carbonyl (C=O) groups excluding carboxylic acids is 2. The van der Waals surface area contributed by atoms with E-state index in [4.69, 9.17) is 0 Å². The van der Waals surface area contributed by atoms with Crippen molar-refractivity contribution in [2.45, 2.75) is 89.1 Å². The number of aliphatic hydroxyl groups excluding tert-OH is 1. The van der Waals surface area contributed by atoms with Gasteiger partial charge in [0, 0.05) is 31.1 Å². The first-order chi connectivity index (χ1) is 15.7. The number of likely N-dealkylation sites (tertiary alicyclic amines) is 1. The third kappa shape index (κ3) is 4.38. The van der Waals surface area contributed by atoms with Crippen LogP contribution in [-0.2, 0) is 9.59 Å². The van der Waals surface area contributed by atoms with Gasteiger partial charge < -0.3 is 15.3 Å². The Labute approximate surface area is 192 Å². The van der Waals surface area contributed by atoms with Crippen molar-refractivity contribution in [3.05, 3.63) is 24.5 Å². The molecule has 2 aromatic heterocycles. The van der Waals surface area contributed by atoms with E-state index in [1.54, 1.807) is 15.7 Å². The topological polar surface area (TPSA) is 131 Å². The van der Waals surface area contributed by atoms with Crippen LogP contribution >= 0.6 is 0 Å². The first kappa shape index (κ1) is 22.0. The molecule has 5 rings (SSSR count). The van der Waals surface area contributed by atoms with Crippen molar-refractivity contribution in [3.63, 3.8) is 0 Å². The van der Waals surface area contributed by atoms with Gasteiger partial charge >= 0.3 is 0 Å². The zero-order valence-corrected chi connectivity index (χ0v) is 19.3. The van der Waals surface area contributed by atoms with Crippen molar-refractivity contribution >= 4 is 11.8 Å². The van der Waals surface area contributed by atoms with Crippen LogP contribution in [0.15, 0.2) is 18.9 Å². The number of aromatic nitrogens is 6. The van der Waals surface area contributed by atoms with Crippen LogP contribution in [0.25, 0.3) is 0 Å². The van der Waals surface area contributed by atoms with Crippen LogP contribution in [0.4, 0.5) is 0 Å². The number of hydrogen-bond donors (Lipinski definition) is 2. The maximum absolute atomic E-state index is 13.8. The quantitative estimate of drug-likeness (QED) is 0.658. The maximum Gasteiger partial charge on any atom is 0.248 e. The Morgan fingerprint density at radius 3 is 2.61 bits per heavy atom. The Kier molecular flexibility index (Phi) is 5.46. The molecule has 0 radical (unpaired) electrons. The molecule has 0 bridgehead atoms. The molecule has 0 spiro atoms. The van der Waals surface area contributed by atoms with Crippen LogP contribution in [0.1, 0.15) is 76.6 Å². The molecule has 2 amide bonds. The highest BCUT2D eigenvalue weighted by Crippen LogP contribution is 2.40. The smallest absolute Gasteiger partial charge is 0.248 e. The molecular formula is C22H32N8O3. The number of β-amino-alcohol motifs (C(OH)–C–C–N with tert-alkyl or cyclic N) is 1. The van der Waals surface area contributed by atoms with E-state index in [1.807, 2.05) is 27.0 Å². The Hall–Kier alpha value is -2.82. The molecule has 11 heteroatoms. The minimum atomic E-state index is -0.729. The van der Waals surface area contributed by atoms with Crippen molar-refractivity contribution in [3.8, 4) is 0 Å². The maximum atomic E-state index is 13.8. The second-order valence-electron chi connectivity index (χ2n) is 10.8. The lowest BCUT2D eigenvalue weighted by atomic mass is 9.85. The third-order valence-electron chi connectivity index (χ3n) is 6.98. The summed E-state index contributed by atoms with van der Waals surface area (Å²) in [4.78, 5) is 32.4. The second-order valence-corrected chi connectivity index (χ2v) is 10.8. The normalized spacial score (nSPS) is 28.4. The summed E-state index contributed by atoms with van der Waals surface area (Å²) in [7, 11) is 0. The molecule has 2 N–H and O–H groups in total. The van der Waals surface area contributed by atoms with E-state index in [-0.39, 0.29) is 36.9 Å². The molecule has 3 heterocycles. The number of aliphatic hydroxyl groups is 1. The van der Waals surface area contributed by atoms with Gasteiger partial charge in [-0.3, -0.25) is 9.59 Å². The number of hydrogen-bond acceptors (Lipinski definition) is 7. The predicted octanol–water partition coefficient (Wildman–Crippen LogP) is 0.816. The second kappa shape index (κ2) is 8.19. The molecule has 1 saturated heterocycles. The van der Waals surface area contributed by atoms with Crippen molar-refractivity contribution < 1.29 is 14.7 Å². The fraction of sp³-hybridized carbons (Fsp3) is 0.727. The molecule has 1 aliphatic heterocycles. The summed E-state index contributed by atoms with van der Waals surface area (Å²) >= 11 is 0. The van der Waals surface area contributed by atoms with Gasteiger partial charge in [0.25, 0.3) is 0 Å². The fourth-order valence-corrected chi connectivity index (χ4v) is 4.95. The van der Waals surface area contributed by atoms with E-state index in [9.17, 15) is 14.7 Å². The summed E-state index contributed by atoms with van der Waals surface area (Å²) in [5, 5.41) is 26.1. The van der Waals surface area contributed by atoms with Crippen molar-refractivity contribution in [1.82, 2.24) is 40.0 Å². The van der Waals surface area contributed by atoms with E-state index >= 15 is 0 Å². The zero-order valence-electron chi connectivity index (χ0n) is 19.3. The highest BCUT2D eigenvalue weighted by molar-refractivity contribution is 5.90. The Morgan fingerprint density at radius 1 is 1.21 bits per heavy atom. The molecule has 2 aliphatic carbocycles. The third-order valence-corrected chi connectivity index (χ3v) is 6.98. The molecule has 2 unspecified atom stereocenters. The Bertz CT molecular complexity index is 1000. The van der Waals surface area contributed by atoms with Crippen LogP contribution in [0.2, 0.25) is 0 Å². The standard InChI is InChI=1S/C22H32N8O3/c1-22(2,3)19(29-10-17(26-27-29)13-4-5-13)21(33)28-9-16(31)8-18(28)20(32)25-14-6-15(7-14)30-12-23-11-24-30/h10-16,18-19,31H,4-9H2,1-3H3,(H,25,32)/t14?,15?,16?,18?,19-/m1/s1. The summed E-state index contributed by atoms with van der Waals surface area (Å²) in [6, 6.07) is -1.06. The molecule has 3 atom stereocenters. The summed E-state index contributed by atoms with van der Waals surface area (Å²) in [6.07, 6.45) is 8.30. The molecular weight excluding hydrogens is 424 g/mol. The monoisotopic (exact) mass is 456 g/mol. The SMILES string of the molecule is CC(C)(C)[C@@H](C(=O)N1CC(O)CC1C(=O)NC1CC(n2cncn2)C1)n1cc(C2CC2)nn1. The van der Waals surface area contributed by atoms with E-state index in [1.165, 1.54) is 11.2 Å². The summed E-state index contributed by atoms with van der Waals surface area (Å²) in [5.41, 5.74) is 0.471. The van der Waals surface area contributed by atoms with Gasteiger partial charge in [-0.25, -0.2) is 14.3 Å². The van der Waals surface area contributed by atoms with Crippen molar-refractivity contribution in [1.29, 1.82) is 0 Å². The van der Waals surface area contributed by atoms with Crippen LogP contribution in [0.5, 0.6) is 0 Å². The van der Waals surface area contributed by atoms with Crippen LogP contribution in [0, 0.1) is 5.41 Å². The fourth-order valence-electron chi connectivity index (χ4n) is 4.95. The lowest BCUT2D eigenvalue weighted by Gasteiger charge is -2.38. The zero-order chi connectivity index (χ0) is 23.3. The number of rotatable bonds is 6. The summed E-state index contributed by atoms with van der Waals surface area (Å²) < 4.78 is 3.45. The number of amides is 2. The van der Waals surface area contributed by atoms with E-state index < -0.39 is 23.6 Å². The number of carbonyl (C=O) groups is 2. The molecule has 2 saturated carbocycles. The molecule has 178 valence electrons. The van der Waals surface area contributed by atoms with Crippen LogP contribution in [-0.4, -0.2) is 76.3 Å². The molecule has 3 fully saturated rings. The van der Waals surface area contributed by atoms with E-state index in [0.29, 0.717) is 5.92 Å². The van der Waals surface area contributed by atoms with Gasteiger partial charge in [-0.2, -0.15) is 5.10 Å². The highest BCUT2D eigenvalue weighted by atomic mass is 16.3.